The van der Waals surface area contributed by atoms with E-state index >= 15 is 0 Å². The molecule has 1 atom stereocenters. The molecule has 2 aromatic heterocycles. The number of ether oxygens (including phenoxy) is 1. The van der Waals surface area contributed by atoms with Crippen LogP contribution in [0.2, 0.25) is 0 Å². The van der Waals surface area contributed by atoms with Crippen molar-refractivity contribution in [3.63, 3.8) is 0 Å². The molecule has 180 valence electrons. The number of hydrogen-bond donors (Lipinski definition) is 3. The Kier molecular flexibility index (Phi) is 5.57. The monoisotopic (exact) mass is 472 g/mol. The summed E-state index contributed by atoms with van der Waals surface area (Å²) in [5.41, 5.74) is 8.38. The molecule has 1 saturated heterocycles. The summed E-state index contributed by atoms with van der Waals surface area (Å²) in [6.07, 6.45) is 3.89. The molecule has 0 aliphatic carbocycles. The molecule has 3 heterocycles. The van der Waals surface area contributed by atoms with Crippen molar-refractivity contribution in [1.82, 2.24) is 14.4 Å². The maximum absolute atomic E-state index is 12.5. The van der Waals surface area contributed by atoms with E-state index in [4.69, 9.17) is 15.5 Å². The van der Waals surface area contributed by atoms with Gasteiger partial charge in [0.05, 0.1) is 0 Å². The lowest BCUT2D eigenvalue weighted by molar-refractivity contribution is -0.148. The van der Waals surface area contributed by atoms with Gasteiger partial charge in [-0.1, -0.05) is 54.1 Å². The molecular weight excluding hydrogens is 444 g/mol. The topological polar surface area (TPSA) is 123 Å². The summed E-state index contributed by atoms with van der Waals surface area (Å²) in [6.45, 7) is 4.45. The van der Waals surface area contributed by atoms with Crippen LogP contribution in [0.15, 0.2) is 60.9 Å². The number of carbonyl (C=O) groups is 1. The fourth-order valence-electron chi connectivity index (χ4n) is 4.92. The Morgan fingerprint density at radius 3 is 2.51 bits per heavy atom. The van der Waals surface area contributed by atoms with Crippen molar-refractivity contribution in [3.05, 3.63) is 83.4 Å². The fourth-order valence-corrected chi connectivity index (χ4v) is 4.92. The van der Waals surface area contributed by atoms with Crippen LogP contribution in [0.1, 0.15) is 42.3 Å². The van der Waals surface area contributed by atoms with Gasteiger partial charge in [0.25, 0.3) is 0 Å². The molecular formula is C27H28N4O4. The third kappa shape index (κ3) is 3.75. The van der Waals surface area contributed by atoms with Crippen molar-refractivity contribution in [2.45, 2.75) is 37.7 Å². The molecule has 0 spiro atoms. The second-order valence-electron chi connectivity index (χ2n) is 9.33. The smallest absolute Gasteiger partial charge is 0.317 e. The van der Waals surface area contributed by atoms with Gasteiger partial charge < -0.3 is 20.7 Å². The average molecular weight is 473 g/mol. The highest BCUT2D eigenvalue weighted by Crippen LogP contribution is 2.39. The van der Waals surface area contributed by atoms with Gasteiger partial charge in [-0.25, -0.2) is 9.97 Å². The van der Waals surface area contributed by atoms with Crippen LogP contribution in [0, 0.1) is 6.92 Å². The molecule has 2 aromatic carbocycles. The summed E-state index contributed by atoms with van der Waals surface area (Å²) in [5.74, 6) is -0.243. The number of carboxylic acids is 1. The van der Waals surface area contributed by atoms with Crippen LogP contribution in [0.3, 0.4) is 0 Å². The van der Waals surface area contributed by atoms with Crippen LogP contribution in [0.25, 0.3) is 16.8 Å². The van der Waals surface area contributed by atoms with Gasteiger partial charge >= 0.3 is 5.97 Å². The molecule has 4 N–H and O–H groups in total. The zero-order valence-corrected chi connectivity index (χ0v) is 19.7. The molecule has 1 fully saturated rings. The molecule has 4 aromatic rings. The van der Waals surface area contributed by atoms with Gasteiger partial charge in [0.2, 0.25) is 0 Å². The van der Waals surface area contributed by atoms with E-state index in [0.717, 1.165) is 22.3 Å². The Bertz CT molecular complexity index is 1400. The van der Waals surface area contributed by atoms with Crippen LogP contribution in [0.4, 0.5) is 5.82 Å². The maximum atomic E-state index is 12.5. The lowest BCUT2D eigenvalue weighted by Crippen LogP contribution is -2.42. The van der Waals surface area contributed by atoms with Gasteiger partial charge in [-0.3, -0.25) is 9.20 Å². The third-order valence-corrected chi connectivity index (χ3v) is 7.07. The molecule has 0 amide bonds. The minimum Gasteiger partial charge on any atom is -0.480 e. The van der Waals surface area contributed by atoms with E-state index in [0.29, 0.717) is 43.1 Å². The molecule has 35 heavy (non-hydrogen) atoms. The Morgan fingerprint density at radius 1 is 1.14 bits per heavy atom. The molecule has 5 rings (SSSR count). The van der Waals surface area contributed by atoms with Crippen LogP contribution < -0.4 is 5.73 Å². The molecule has 1 aliphatic heterocycles. The van der Waals surface area contributed by atoms with Crippen LogP contribution >= 0.6 is 0 Å². The van der Waals surface area contributed by atoms with E-state index in [2.05, 4.69) is 4.98 Å². The number of aryl methyl sites for hydroxylation is 1. The Labute approximate surface area is 203 Å². The number of carboxylic acid groups (broad SMARTS) is 1. The summed E-state index contributed by atoms with van der Waals surface area (Å²) in [7, 11) is 0. The lowest BCUT2D eigenvalue weighted by atomic mass is 9.79. The summed E-state index contributed by atoms with van der Waals surface area (Å²) in [5, 5.41) is 21.5. The van der Waals surface area contributed by atoms with Crippen LogP contribution in [0.5, 0.6) is 0 Å². The number of nitrogens with zero attached hydrogens (tertiary/aromatic N) is 3. The first-order chi connectivity index (χ1) is 16.7. The SMILES string of the molecule is Cc1cccc([C@](C)(O)c2ccc(-c3nc(C4(C(=O)O)CCOCC4)n4ccnc(N)c34)cc2)c1. The van der Waals surface area contributed by atoms with Crippen molar-refractivity contribution in [1.29, 1.82) is 0 Å². The first-order valence-electron chi connectivity index (χ1n) is 11.6. The summed E-state index contributed by atoms with van der Waals surface area (Å²) in [4.78, 5) is 21.6. The van der Waals surface area contributed by atoms with E-state index in [-0.39, 0.29) is 5.82 Å². The highest BCUT2D eigenvalue weighted by atomic mass is 16.5. The molecule has 8 heteroatoms. The fraction of sp³-hybridized carbons (Fsp3) is 0.296. The Hall–Kier alpha value is -3.75. The summed E-state index contributed by atoms with van der Waals surface area (Å²) < 4.78 is 7.20. The van der Waals surface area contributed by atoms with E-state index in [9.17, 15) is 15.0 Å². The van der Waals surface area contributed by atoms with Crippen molar-refractivity contribution >= 4 is 17.3 Å². The van der Waals surface area contributed by atoms with Crippen molar-refractivity contribution in [2.24, 2.45) is 0 Å². The van der Waals surface area contributed by atoms with Gasteiger partial charge in [0.1, 0.15) is 33.9 Å². The number of rotatable bonds is 5. The quantitative estimate of drug-likeness (QED) is 0.405. The minimum absolute atomic E-state index is 0.268. The van der Waals surface area contributed by atoms with Gasteiger partial charge in [0.15, 0.2) is 0 Å². The number of aliphatic hydroxyl groups is 1. The van der Waals surface area contributed by atoms with E-state index in [1.165, 1.54) is 0 Å². The van der Waals surface area contributed by atoms with Crippen molar-refractivity contribution < 1.29 is 19.7 Å². The van der Waals surface area contributed by atoms with Gasteiger partial charge in [-0.2, -0.15) is 0 Å². The van der Waals surface area contributed by atoms with Crippen LogP contribution in [-0.4, -0.2) is 43.8 Å². The standard InChI is InChI=1S/C27H28N4O4/c1-17-4-3-5-20(16-17)26(2,34)19-8-6-18(7-9-19)21-22-23(28)29-12-13-31(22)24(30-21)27(25(32)33)10-14-35-15-11-27/h3-9,12-13,16,34H,10-11,14-15H2,1-2H3,(H2,28,29)(H,32,33)/t26-/m1/s1. The van der Waals surface area contributed by atoms with Gasteiger partial charge in [-0.05, 0) is 37.8 Å². The molecule has 0 saturated carbocycles. The number of nitrogens with two attached hydrogens (primary N) is 1. The average Bonchev–Trinajstić information content (AvgIpc) is 3.26. The Balaban J connectivity index is 1.62. The zero-order chi connectivity index (χ0) is 24.8. The second-order valence-corrected chi connectivity index (χ2v) is 9.33. The predicted octanol–water partition coefficient (Wildman–Crippen LogP) is 3.68. The first kappa shape index (κ1) is 23.0. The predicted molar refractivity (Wildman–Crippen MR) is 132 cm³/mol. The summed E-state index contributed by atoms with van der Waals surface area (Å²) in [6, 6.07) is 15.2. The number of hydrogen-bond acceptors (Lipinski definition) is 6. The molecule has 8 nitrogen and oxygen atoms in total. The third-order valence-electron chi connectivity index (χ3n) is 7.07. The van der Waals surface area contributed by atoms with E-state index < -0.39 is 17.0 Å². The normalized spacial score (nSPS) is 17.2. The van der Waals surface area contributed by atoms with E-state index in [1.54, 1.807) is 23.7 Å². The first-order valence-corrected chi connectivity index (χ1v) is 11.6. The molecule has 1 aliphatic rings. The van der Waals surface area contributed by atoms with Gasteiger partial charge in [0, 0.05) is 31.2 Å². The maximum Gasteiger partial charge on any atom is 0.317 e. The minimum atomic E-state index is -1.18. The number of imidazole rings is 1. The highest BCUT2D eigenvalue weighted by molar-refractivity contribution is 5.88. The number of fused-ring (bicyclic) bond motifs is 1. The largest absolute Gasteiger partial charge is 0.480 e. The van der Waals surface area contributed by atoms with Gasteiger partial charge in [-0.15, -0.1) is 0 Å². The number of aromatic nitrogens is 3. The molecule has 0 unspecified atom stereocenters. The molecule has 0 radical (unpaired) electrons. The van der Waals surface area contributed by atoms with E-state index in [1.807, 2.05) is 55.5 Å². The van der Waals surface area contributed by atoms with Crippen molar-refractivity contribution in [3.8, 4) is 11.3 Å². The second kappa shape index (κ2) is 8.48. The number of anilines is 1. The zero-order valence-electron chi connectivity index (χ0n) is 19.7. The Morgan fingerprint density at radius 2 is 1.86 bits per heavy atom. The highest BCUT2D eigenvalue weighted by Gasteiger charge is 2.46. The van der Waals surface area contributed by atoms with Crippen LogP contribution in [-0.2, 0) is 20.5 Å². The summed E-state index contributed by atoms with van der Waals surface area (Å²) >= 11 is 0. The number of nitrogen functional groups attached to an aromatic ring is 1. The lowest BCUT2D eigenvalue weighted by Gasteiger charge is -2.31. The van der Waals surface area contributed by atoms with Crippen molar-refractivity contribution in [2.75, 3.05) is 18.9 Å². The number of benzene rings is 2. The molecule has 0 bridgehead atoms. The number of aliphatic carboxylic acids is 1.